The summed E-state index contributed by atoms with van der Waals surface area (Å²) in [6.45, 7) is 4.23. The Morgan fingerprint density at radius 1 is 0.794 bits per heavy atom. The minimum absolute atomic E-state index is 0.0781. The normalized spacial score (nSPS) is 16.1. The summed E-state index contributed by atoms with van der Waals surface area (Å²) < 4.78 is 0. The number of para-hydroxylation sites is 1. The number of nitrogens with one attached hydrogen (secondary N) is 1. The Bertz CT molecular complexity index is 1500. The van der Waals surface area contributed by atoms with Gasteiger partial charge >= 0.3 is 0 Å². The van der Waals surface area contributed by atoms with E-state index < -0.39 is 0 Å². The molecule has 2 heterocycles. The van der Waals surface area contributed by atoms with Crippen molar-refractivity contribution in [2.45, 2.75) is 25.9 Å². The summed E-state index contributed by atoms with van der Waals surface area (Å²) >= 11 is 0. The molecular formula is C31H26N2O. The second kappa shape index (κ2) is 8.03. The molecule has 0 fully saturated rings. The molecule has 4 aromatic carbocycles. The number of carbonyl (C=O) groups excluding carboxylic acids is 1. The molecule has 0 radical (unpaired) electrons. The first-order valence-corrected chi connectivity index (χ1v) is 11.8. The number of amides is 1. The van der Waals surface area contributed by atoms with E-state index in [1.807, 2.05) is 36.4 Å². The first kappa shape index (κ1) is 20.5. The van der Waals surface area contributed by atoms with Crippen LogP contribution in [0.2, 0.25) is 0 Å². The van der Waals surface area contributed by atoms with Crippen molar-refractivity contribution in [3.05, 3.63) is 131 Å². The van der Waals surface area contributed by atoms with Crippen molar-refractivity contribution in [2.75, 3.05) is 0 Å². The van der Waals surface area contributed by atoms with Gasteiger partial charge in [0.05, 0.1) is 17.8 Å². The van der Waals surface area contributed by atoms with Crippen molar-refractivity contribution < 1.29 is 4.79 Å². The number of benzene rings is 4. The number of hydrogen-bond acceptors (Lipinski definition) is 1. The third-order valence-corrected chi connectivity index (χ3v) is 7.06. The minimum Gasteiger partial charge on any atom is -0.354 e. The Morgan fingerprint density at radius 3 is 2.26 bits per heavy atom. The molecule has 34 heavy (non-hydrogen) atoms. The molecule has 1 N–H and O–H groups in total. The van der Waals surface area contributed by atoms with Crippen LogP contribution in [0.4, 0.5) is 0 Å². The Labute approximate surface area is 199 Å². The summed E-state index contributed by atoms with van der Waals surface area (Å²) in [5.41, 5.74) is 8.64. The van der Waals surface area contributed by atoms with Crippen LogP contribution in [0.5, 0.6) is 0 Å². The van der Waals surface area contributed by atoms with Crippen LogP contribution in [0.15, 0.2) is 103 Å². The van der Waals surface area contributed by atoms with Crippen LogP contribution in [-0.2, 0) is 0 Å². The first-order valence-electron chi connectivity index (χ1n) is 11.8. The van der Waals surface area contributed by atoms with Gasteiger partial charge in [-0.25, -0.2) is 0 Å². The van der Waals surface area contributed by atoms with Crippen LogP contribution in [0, 0.1) is 6.92 Å². The van der Waals surface area contributed by atoms with E-state index in [9.17, 15) is 4.79 Å². The van der Waals surface area contributed by atoms with Gasteiger partial charge in [-0.1, -0.05) is 96.6 Å². The van der Waals surface area contributed by atoms with Gasteiger partial charge in [0.2, 0.25) is 0 Å². The van der Waals surface area contributed by atoms with Crippen molar-refractivity contribution in [2.24, 2.45) is 0 Å². The molecule has 0 saturated heterocycles. The second-order valence-corrected chi connectivity index (χ2v) is 9.11. The van der Waals surface area contributed by atoms with Crippen molar-refractivity contribution in [1.29, 1.82) is 0 Å². The minimum atomic E-state index is -0.189. The molecule has 5 aromatic rings. The van der Waals surface area contributed by atoms with Gasteiger partial charge in [0.1, 0.15) is 0 Å². The molecular weight excluding hydrogens is 416 g/mol. The lowest BCUT2D eigenvalue weighted by Gasteiger charge is -2.32. The molecule has 0 aliphatic carbocycles. The molecule has 1 aliphatic rings. The third-order valence-electron chi connectivity index (χ3n) is 7.06. The fraction of sp³-hybridized carbons (Fsp3) is 0.129. The number of aryl methyl sites for hydroxylation is 1. The topological polar surface area (TPSA) is 36.1 Å². The fourth-order valence-corrected chi connectivity index (χ4v) is 5.32. The maximum absolute atomic E-state index is 13.9. The van der Waals surface area contributed by atoms with Crippen molar-refractivity contribution >= 4 is 16.8 Å². The maximum Gasteiger partial charge on any atom is 0.255 e. The van der Waals surface area contributed by atoms with Crippen LogP contribution >= 0.6 is 0 Å². The van der Waals surface area contributed by atoms with Crippen molar-refractivity contribution in [3.63, 3.8) is 0 Å². The van der Waals surface area contributed by atoms with E-state index in [2.05, 4.69) is 90.5 Å². The van der Waals surface area contributed by atoms with E-state index in [1.54, 1.807) is 0 Å². The van der Waals surface area contributed by atoms with Gasteiger partial charge in [-0.05, 0) is 42.7 Å². The van der Waals surface area contributed by atoms with Gasteiger partial charge in [-0.2, -0.15) is 0 Å². The average molecular weight is 443 g/mol. The lowest BCUT2D eigenvalue weighted by molar-refractivity contribution is 0.0678. The molecule has 1 aromatic heterocycles. The van der Waals surface area contributed by atoms with Gasteiger partial charge in [-0.15, -0.1) is 0 Å². The van der Waals surface area contributed by atoms with Gasteiger partial charge in [0.15, 0.2) is 0 Å². The standard InChI is InChI=1S/C31H26N2O/c1-20-16-18-23(19-17-20)29-28(26-14-8-9-15-27(26)32-29)30-24-12-6-7-13-25(24)31(34)33(30)21(2)22-10-4-3-5-11-22/h3-19,21,30,32H,1-2H3. The van der Waals surface area contributed by atoms with Gasteiger partial charge in [-0.3, -0.25) is 4.79 Å². The Hall–Kier alpha value is -4.11. The number of nitrogens with zero attached hydrogens (tertiary/aromatic N) is 1. The largest absolute Gasteiger partial charge is 0.354 e. The summed E-state index contributed by atoms with van der Waals surface area (Å²) in [7, 11) is 0. The molecule has 0 bridgehead atoms. The zero-order chi connectivity index (χ0) is 23.2. The lowest BCUT2D eigenvalue weighted by Crippen LogP contribution is -2.31. The van der Waals surface area contributed by atoms with E-state index in [4.69, 9.17) is 0 Å². The average Bonchev–Trinajstić information content (AvgIpc) is 3.40. The zero-order valence-corrected chi connectivity index (χ0v) is 19.3. The van der Waals surface area contributed by atoms with E-state index in [-0.39, 0.29) is 18.0 Å². The summed E-state index contributed by atoms with van der Waals surface area (Å²) in [4.78, 5) is 19.6. The lowest BCUT2D eigenvalue weighted by atomic mass is 9.92. The van der Waals surface area contributed by atoms with Crippen LogP contribution in [0.3, 0.4) is 0 Å². The highest BCUT2D eigenvalue weighted by Crippen LogP contribution is 2.48. The Balaban J connectivity index is 1.62. The highest BCUT2D eigenvalue weighted by Gasteiger charge is 2.42. The summed E-state index contributed by atoms with van der Waals surface area (Å²) in [6.07, 6.45) is 0. The van der Waals surface area contributed by atoms with E-state index >= 15 is 0 Å². The monoisotopic (exact) mass is 442 g/mol. The highest BCUT2D eigenvalue weighted by molar-refractivity contribution is 6.02. The second-order valence-electron chi connectivity index (χ2n) is 9.11. The van der Waals surface area contributed by atoms with Gasteiger partial charge < -0.3 is 9.88 Å². The summed E-state index contributed by atoms with van der Waals surface area (Å²) in [5, 5.41) is 1.15. The predicted molar refractivity (Wildman–Crippen MR) is 138 cm³/mol. The molecule has 0 spiro atoms. The molecule has 6 rings (SSSR count). The Kier molecular flexibility index (Phi) is 4.84. The van der Waals surface area contributed by atoms with Crippen LogP contribution in [-0.4, -0.2) is 15.8 Å². The third kappa shape index (κ3) is 3.16. The van der Waals surface area contributed by atoms with E-state index in [0.29, 0.717) is 0 Å². The van der Waals surface area contributed by atoms with Crippen LogP contribution in [0.25, 0.3) is 22.2 Å². The number of aromatic amines is 1. The summed E-state index contributed by atoms with van der Waals surface area (Å²) in [6, 6.07) is 35.1. The van der Waals surface area contributed by atoms with Gasteiger partial charge in [0, 0.05) is 22.0 Å². The number of aromatic nitrogens is 1. The first-order chi connectivity index (χ1) is 16.6. The Morgan fingerprint density at radius 2 is 1.47 bits per heavy atom. The quantitative estimate of drug-likeness (QED) is 0.308. The molecule has 1 aliphatic heterocycles. The molecule has 3 nitrogen and oxygen atoms in total. The number of hydrogen-bond donors (Lipinski definition) is 1. The molecule has 166 valence electrons. The number of carbonyl (C=O) groups is 1. The maximum atomic E-state index is 13.9. The SMILES string of the molecule is Cc1ccc(-c2[nH]c3ccccc3c2C2c3ccccc3C(=O)N2C(C)c2ccccc2)cc1. The molecule has 1 amide bonds. The molecule has 0 saturated carbocycles. The fourth-order valence-electron chi connectivity index (χ4n) is 5.32. The van der Waals surface area contributed by atoms with Gasteiger partial charge in [0.25, 0.3) is 5.91 Å². The number of fused-ring (bicyclic) bond motifs is 2. The smallest absolute Gasteiger partial charge is 0.255 e. The predicted octanol–water partition coefficient (Wildman–Crippen LogP) is 7.45. The van der Waals surface area contributed by atoms with Crippen LogP contribution < -0.4 is 0 Å². The van der Waals surface area contributed by atoms with Crippen molar-refractivity contribution in [1.82, 2.24) is 9.88 Å². The molecule has 2 unspecified atom stereocenters. The van der Waals surface area contributed by atoms with E-state index in [0.717, 1.165) is 44.4 Å². The molecule has 2 atom stereocenters. The van der Waals surface area contributed by atoms with Crippen LogP contribution in [0.1, 0.15) is 51.6 Å². The number of rotatable bonds is 4. The number of H-pyrrole nitrogens is 1. The summed E-state index contributed by atoms with van der Waals surface area (Å²) in [5.74, 6) is 0.0806. The van der Waals surface area contributed by atoms with E-state index in [1.165, 1.54) is 5.56 Å². The zero-order valence-electron chi connectivity index (χ0n) is 19.3. The molecule has 3 heteroatoms. The van der Waals surface area contributed by atoms with Crippen molar-refractivity contribution in [3.8, 4) is 11.3 Å². The highest BCUT2D eigenvalue weighted by atomic mass is 16.2.